The van der Waals surface area contributed by atoms with Crippen molar-refractivity contribution in [2.45, 2.75) is 38.6 Å². The fourth-order valence-corrected chi connectivity index (χ4v) is 5.99. The number of aryl methyl sites for hydroxylation is 4. The van der Waals surface area contributed by atoms with E-state index in [1.54, 1.807) is 4.31 Å². The Kier molecular flexibility index (Phi) is 7.16. The first-order valence-electron chi connectivity index (χ1n) is 10.3. The molecule has 29 heavy (non-hydrogen) atoms. The first-order valence-corrected chi connectivity index (χ1v) is 11.7. The van der Waals surface area contributed by atoms with E-state index in [1.807, 2.05) is 62.8 Å². The average molecular weight is 420 g/mol. The zero-order chi connectivity index (χ0) is 21.0. The highest BCUT2D eigenvalue weighted by Gasteiger charge is 2.28. The Hall–Kier alpha value is -1.67. The molecule has 6 nitrogen and oxygen atoms in total. The molecule has 0 radical (unpaired) electrons. The largest absolute Gasteiger partial charge is 0.379 e. The molecule has 160 valence electrons. The van der Waals surface area contributed by atoms with Gasteiger partial charge in [-0.2, -0.15) is 4.31 Å². The average Bonchev–Trinajstić information content (AvgIpc) is 3.05. The van der Waals surface area contributed by atoms with Crippen molar-refractivity contribution in [3.8, 4) is 0 Å². The number of ether oxygens (including phenoxy) is 1. The van der Waals surface area contributed by atoms with Crippen molar-refractivity contribution in [3.05, 3.63) is 52.8 Å². The van der Waals surface area contributed by atoms with E-state index in [4.69, 9.17) is 4.74 Å². The molecule has 2 aromatic rings. The van der Waals surface area contributed by atoms with Crippen LogP contribution in [0.15, 0.2) is 35.4 Å². The number of benzene rings is 1. The third-order valence-corrected chi connectivity index (χ3v) is 7.73. The Morgan fingerprint density at radius 2 is 1.76 bits per heavy atom. The SMILES string of the molecule is Cc1cc(C)c(S(=O)(=O)N(CCCN2CCOCC2)Cc2cccn2C)c(C)c1. The zero-order valence-corrected chi connectivity index (χ0v) is 18.8. The lowest BCUT2D eigenvalue weighted by atomic mass is 10.1. The number of sulfonamides is 1. The van der Waals surface area contributed by atoms with Crippen molar-refractivity contribution in [3.63, 3.8) is 0 Å². The summed E-state index contributed by atoms with van der Waals surface area (Å²) in [6.07, 6.45) is 2.75. The number of hydrogen-bond acceptors (Lipinski definition) is 4. The molecule has 3 rings (SSSR count). The van der Waals surface area contributed by atoms with E-state index >= 15 is 0 Å². The molecule has 2 heterocycles. The third kappa shape index (κ3) is 5.28. The number of morpholine rings is 1. The molecule has 0 spiro atoms. The smallest absolute Gasteiger partial charge is 0.243 e. The van der Waals surface area contributed by atoms with E-state index in [2.05, 4.69) is 4.90 Å². The summed E-state index contributed by atoms with van der Waals surface area (Å²) >= 11 is 0. The highest BCUT2D eigenvalue weighted by Crippen LogP contribution is 2.26. The molecule has 0 unspecified atom stereocenters. The molecule has 1 aliphatic heterocycles. The second-order valence-corrected chi connectivity index (χ2v) is 9.86. The molecular weight excluding hydrogens is 386 g/mol. The highest BCUT2D eigenvalue weighted by atomic mass is 32.2. The van der Waals surface area contributed by atoms with Crippen LogP contribution < -0.4 is 0 Å². The van der Waals surface area contributed by atoms with Crippen molar-refractivity contribution < 1.29 is 13.2 Å². The lowest BCUT2D eigenvalue weighted by Gasteiger charge is -2.28. The quantitative estimate of drug-likeness (QED) is 0.660. The van der Waals surface area contributed by atoms with E-state index in [1.165, 1.54) is 0 Å². The van der Waals surface area contributed by atoms with Gasteiger partial charge in [0.05, 0.1) is 24.7 Å². The number of rotatable bonds is 8. The van der Waals surface area contributed by atoms with Gasteiger partial charge in [0.1, 0.15) is 0 Å². The van der Waals surface area contributed by atoms with Gasteiger partial charge in [0, 0.05) is 38.6 Å². The maximum absolute atomic E-state index is 13.7. The van der Waals surface area contributed by atoms with Crippen LogP contribution in [0.2, 0.25) is 0 Å². The molecule has 1 aromatic heterocycles. The summed E-state index contributed by atoms with van der Waals surface area (Å²) in [5, 5.41) is 0. The monoisotopic (exact) mass is 419 g/mol. The first kappa shape index (κ1) is 22.0. The van der Waals surface area contributed by atoms with Gasteiger partial charge in [-0.25, -0.2) is 8.42 Å². The van der Waals surface area contributed by atoms with E-state index < -0.39 is 10.0 Å². The van der Waals surface area contributed by atoms with Crippen molar-refractivity contribution in [1.29, 1.82) is 0 Å². The van der Waals surface area contributed by atoms with Gasteiger partial charge in [0.15, 0.2) is 0 Å². The summed E-state index contributed by atoms with van der Waals surface area (Å²) in [5.41, 5.74) is 3.70. The maximum Gasteiger partial charge on any atom is 0.243 e. The Morgan fingerprint density at radius 1 is 1.10 bits per heavy atom. The first-order chi connectivity index (χ1) is 13.8. The number of nitrogens with zero attached hydrogens (tertiary/aromatic N) is 3. The molecule has 0 bridgehead atoms. The van der Waals surface area contributed by atoms with Crippen molar-refractivity contribution >= 4 is 10.0 Å². The zero-order valence-electron chi connectivity index (χ0n) is 18.0. The second kappa shape index (κ2) is 9.43. The van der Waals surface area contributed by atoms with Crippen LogP contribution in [0.1, 0.15) is 28.8 Å². The molecular formula is C22H33N3O3S. The molecule has 1 saturated heterocycles. The van der Waals surface area contributed by atoms with E-state index in [0.29, 0.717) is 18.0 Å². The van der Waals surface area contributed by atoms with Crippen LogP contribution in [0.5, 0.6) is 0 Å². The summed E-state index contributed by atoms with van der Waals surface area (Å²) in [7, 11) is -1.64. The molecule has 0 atom stereocenters. The molecule has 0 saturated carbocycles. The predicted octanol–water partition coefficient (Wildman–Crippen LogP) is 2.86. The van der Waals surface area contributed by atoms with Gasteiger partial charge >= 0.3 is 0 Å². The Morgan fingerprint density at radius 3 is 2.34 bits per heavy atom. The van der Waals surface area contributed by atoms with Crippen LogP contribution in [0.3, 0.4) is 0 Å². The summed E-state index contributed by atoms with van der Waals surface area (Å²) in [6.45, 7) is 10.9. The van der Waals surface area contributed by atoms with Gasteiger partial charge in [-0.3, -0.25) is 4.90 Å². The number of hydrogen-bond donors (Lipinski definition) is 0. The Labute approximate surface area is 175 Å². The summed E-state index contributed by atoms with van der Waals surface area (Å²) in [6, 6.07) is 7.85. The van der Waals surface area contributed by atoms with Crippen molar-refractivity contribution in [2.24, 2.45) is 7.05 Å². The topological polar surface area (TPSA) is 54.8 Å². The fraction of sp³-hybridized carbons (Fsp3) is 0.545. The Balaban J connectivity index is 1.84. The molecule has 1 aliphatic rings. The molecule has 0 N–H and O–H groups in total. The van der Waals surface area contributed by atoms with Crippen LogP contribution in [-0.4, -0.2) is 61.6 Å². The van der Waals surface area contributed by atoms with Gasteiger partial charge in [0.2, 0.25) is 10.0 Å². The Bertz CT molecular complexity index is 908. The predicted molar refractivity (Wildman–Crippen MR) is 116 cm³/mol. The molecule has 0 aliphatic carbocycles. The molecule has 0 amide bonds. The van der Waals surface area contributed by atoms with Crippen LogP contribution in [-0.2, 0) is 28.4 Å². The molecule has 1 fully saturated rings. The second-order valence-electron chi connectivity index (χ2n) is 7.98. The highest BCUT2D eigenvalue weighted by molar-refractivity contribution is 7.89. The van der Waals surface area contributed by atoms with E-state index in [9.17, 15) is 8.42 Å². The van der Waals surface area contributed by atoms with E-state index in [0.717, 1.165) is 61.7 Å². The van der Waals surface area contributed by atoms with Gasteiger partial charge < -0.3 is 9.30 Å². The maximum atomic E-state index is 13.7. The minimum absolute atomic E-state index is 0.377. The number of aromatic nitrogens is 1. The van der Waals surface area contributed by atoms with E-state index in [-0.39, 0.29) is 0 Å². The lowest BCUT2D eigenvalue weighted by Crippen LogP contribution is -2.39. The normalized spacial score (nSPS) is 15.9. The van der Waals surface area contributed by atoms with Crippen molar-refractivity contribution in [1.82, 2.24) is 13.8 Å². The van der Waals surface area contributed by atoms with Crippen LogP contribution in [0.4, 0.5) is 0 Å². The summed E-state index contributed by atoms with van der Waals surface area (Å²) in [5.74, 6) is 0. The van der Waals surface area contributed by atoms with Gasteiger partial charge in [-0.15, -0.1) is 0 Å². The third-order valence-electron chi connectivity index (χ3n) is 5.58. The van der Waals surface area contributed by atoms with Gasteiger partial charge in [-0.1, -0.05) is 17.7 Å². The van der Waals surface area contributed by atoms with Crippen LogP contribution >= 0.6 is 0 Å². The minimum atomic E-state index is -3.60. The van der Waals surface area contributed by atoms with Gasteiger partial charge in [0.25, 0.3) is 0 Å². The summed E-state index contributed by atoms with van der Waals surface area (Å²) in [4.78, 5) is 2.79. The van der Waals surface area contributed by atoms with Crippen LogP contribution in [0.25, 0.3) is 0 Å². The molecule has 7 heteroatoms. The minimum Gasteiger partial charge on any atom is -0.379 e. The van der Waals surface area contributed by atoms with Crippen LogP contribution in [0, 0.1) is 20.8 Å². The summed E-state index contributed by atoms with van der Waals surface area (Å²) < 4.78 is 36.4. The van der Waals surface area contributed by atoms with Crippen molar-refractivity contribution in [2.75, 3.05) is 39.4 Å². The molecule has 1 aromatic carbocycles. The standard InChI is InChI=1S/C22H33N3O3S/c1-18-15-19(2)22(20(3)16-18)29(26,27)25(17-21-7-5-8-23(21)4)10-6-9-24-11-13-28-14-12-24/h5,7-8,15-16H,6,9-14,17H2,1-4H3. The van der Waals surface area contributed by atoms with Gasteiger partial charge in [-0.05, 0) is 57.0 Å². The fourth-order valence-electron chi connectivity index (χ4n) is 4.12. The lowest BCUT2D eigenvalue weighted by molar-refractivity contribution is 0.0368.